The number of sulfonamides is 1. The second-order valence-electron chi connectivity index (χ2n) is 7.88. The van der Waals surface area contributed by atoms with E-state index < -0.39 is 10.0 Å². The quantitative estimate of drug-likeness (QED) is 0.289. The summed E-state index contributed by atoms with van der Waals surface area (Å²) in [6.45, 7) is 1.02. The average molecular weight is 522 g/mol. The van der Waals surface area contributed by atoms with Crippen LogP contribution in [0.3, 0.4) is 0 Å². The largest absolute Gasteiger partial charge is 0.350 e. The van der Waals surface area contributed by atoms with E-state index >= 15 is 0 Å². The highest BCUT2D eigenvalue weighted by Crippen LogP contribution is 2.20. The van der Waals surface area contributed by atoms with Crippen LogP contribution in [-0.2, 0) is 29.7 Å². The molecule has 0 atom stereocenters. The molecule has 4 aromatic rings. The Balaban J connectivity index is 1.25. The van der Waals surface area contributed by atoms with Gasteiger partial charge in [-0.1, -0.05) is 60.1 Å². The molecule has 1 amide bonds. The highest BCUT2D eigenvalue weighted by atomic mass is 35.5. The molecule has 0 saturated heterocycles. The minimum absolute atomic E-state index is 0.0421. The van der Waals surface area contributed by atoms with Crippen LogP contribution < -0.4 is 15.4 Å². The molecule has 0 aliphatic rings. The van der Waals surface area contributed by atoms with Gasteiger partial charge >= 0.3 is 0 Å². The molecule has 1 heterocycles. The van der Waals surface area contributed by atoms with Crippen molar-refractivity contribution < 1.29 is 13.2 Å². The van der Waals surface area contributed by atoms with Crippen molar-refractivity contribution in [2.24, 2.45) is 0 Å². The van der Waals surface area contributed by atoms with E-state index in [9.17, 15) is 13.2 Å². The van der Waals surface area contributed by atoms with E-state index in [2.05, 4.69) is 25.3 Å². The molecule has 8 nitrogen and oxygen atoms in total. The third-order valence-corrected chi connectivity index (χ3v) is 7.20. The monoisotopic (exact) mass is 521 g/mol. The van der Waals surface area contributed by atoms with Crippen LogP contribution in [0.5, 0.6) is 0 Å². The van der Waals surface area contributed by atoms with Gasteiger partial charge in [0.05, 0.1) is 5.02 Å². The summed E-state index contributed by atoms with van der Waals surface area (Å²) in [5.41, 5.74) is 3.23. The zero-order valence-corrected chi connectivity index (χ0v) is 20.8. The molecule has 3 aromatic carbocycles. The molecule has 0 spiro atoms. The van der Waals surface area contributed by atoms with E-state index in [1.165, 1.54) is 12.1 Å². The smallest absolute Gasteiger partial charge is 0.251 e. The Hall–Kier alpha value is -3.79. The van der Waals surface area contributed by atoms with E-state index in [0.29, 0.717) is 24.6 Å². The number of carbonyl (C=O) groups excluding carboxylic acids is 1. The van der Waals surface area contributed by atoms with Crippen LogP contribution in [-0.4, -0.2) is 24.3 Å². The Morgan fingerprint density at radius 3 is 2.00 bits per heavy atom. The van der Waals surface area contributed by atoms with Crippen LogP contribution >= 0.6 is 11.6 Å². The summed E-state index contributed by atoms with van der Waals surface area (Å²) in [6.07, 6.45) is 3.33. The van der Waals surface area contributed by atoms with E-state index in [0.717, 1.165) is 16.7 Å². The zero-order valence-electron chi connectivity index (χ0n) is 19.2. The third-order valence-electron chi connectivity index (χ3n) is 5.30. The molecule has 4 rings (SSSR count). The molecule has 0 unspecified atom stereocenters. The summed E-state index contributed by atoms with van der Waals surface area (Å²) in [6, 6.07) is 22.7. The maximum Gasteiger partial charge on any atom is 0.251 e. The summed E-state index contributed by atoms with van der Waals surface area (Å²) < 4.78 is 27.5. The van der Waals surface area contributed by atoms with Crippen LogP contribution in [0, 0.1) is 0 Å². The van der Waals surface area contributed by atoms with Gasteiger partial charge in [0, 0.05) is 37.6 Å². The van der Waals surface area contributed by atoms with Crippen molar-refractivity contribution in [2.45, 2.75) is 24.5 Å². The minimum Gasteiger partial charge on any atom is -0.350 e. The maximum absolute atomic E-state index is 12.5. The lowest BCUT2D eigenvalue weighted by Crippen LogP contribution is -2.24. The molecule has 0 aliphatic carbocycles. The molecule has 0 aliphatic heterocycles. The van der Waals surface area contributed by atoms with E-state index in [1.807, 2.05) is 36.4 Å². The minimum atomic E-state index is -3.72. The van der Waals surface area contributed by atoms with Gasteiger partial charge in [0.15, 0.2) is 0 Å². The average Bonchev–Trinajstić information content (AvgIpc) is 2.91. The predicted molar refractivity (Wildman–Crippen MR) is 139 cm³/mol. The number of halogens is 1. The Morgan fingerprint density at radius 1 is 0.750 bits per heavy atom. The van der Waals surface area contributed by atoms with Crippen molar-refractivity contribution in [1.82, 2.24) is 20.0 Å². The molecule has 0 saturated carbocycles. The number of nitrogens with one attached hydrogen (secondary N) is 3. The van der Waals surface area contributed by atoms with Gasteiger partial charge in [0.2, 0.25) is 16.0 Å². The summed E-state index contributed by atoms with van der Waals surface area (Å²) in [5, 5.41) is 6.19. The number of amides is 1. The Kier molecular flexibility index (Phi) is 8.27. The van der Waals surface area contributed by atoms with Gasteiger partial charge in [-0.25, -0.2) is 23.1 Å². The number of anilines is 1. The maximum atomic E-state index is 12.5. The highest BCUT2D eigenvalue weighted by Gasteiger charge is 2.16. The van der Waals surface area contributed by atoms with Crippen LogP contribution in [0.15, 0.2) is 96.2 Å². The van der Waals surface area contributed by atoms with Gasteiger partial charge in [-0.15, -0.1) is 0 Å². The van der Waals surface area contributed by atoms with Crippen molar-refractivity contribution >= 4 is 33.5 Å². The van der Waals surface area contributed by atoms with E-state index in [-0.39, 0.29) is 22.4 Å². The molecule has 1 aromatic heterocycles. The molecule has 184 valence electrons. The number of rotatable bonds is 10. The molecule has 0 radical (unpaired) electrons. The lowest BCUT2D eigenvalue weighted by atomic mass is 10.1. The second kappa shape index (κ2) is 11.8. The van der Waals surface area contributed by atoms with E-state index in [4.69, 9.17) is 11.6 Å². The SMILES string of the molecule is O=C(NCc1ccc(CNS(=O)(=O)c2ccccc2Cl)cc1)c1ccc(CNc2ncccn2)cc1. The normalized spacial score (nSPS) is 11.1. The zero-order chi connectivity index (χ0) is 25.4. The van der Waals surface area contributed by atoms with Crippen LogP contribution in [0.1, 0.15) is 27.0 Å². The number of nitrogens with zero attached hydrogens (tertiary/aromatic N) is 2. The lowest BCUT2D eigenvalue weighted by molar-refractivity contribution is 0.0951. The first kappa shape index (κ1) is 25.3. The van der Waals surface area contributed by atoms with Gasteiger partial charge in [-0.05, 0) is 47.0 Å². The second-order valence-corrected chi connectivity index (χ2v) is 10.0. The first-order chi connectivity index (χ1) is 17.4. The number of benzene rings is 3. The lowest BCUT2D eigenvalue weighted by Gasteiger charge is -2.10. The number of hydrogen-bond donors (Lipinski definition) is 3. The topological polar surface area (TPSA) is 113 Å². The van der Waals surface area contributed by atoms with Crippen LogP contribution in [0.25, 0.3) is 0 Å². The number of hydrogen-bond acceptors (Lipinski definition) is 6. The van der Waals surface area contributed by atoms with Crippen molar-refractivity contribution in [2.75, 3.05) is 5.32 Å². The highest BCUT2D eigenvalue weighted by molar-refractivity contribution is 7.89. The number of aromatic nitrogens is 2. The Labute approximate surface area is 214 Å². The standard InChI is InChI=1S/C26H24ClN5O3S/c27-23-4-1-2-5-24(23)36(34,35)32-18-21-8-6-19(7-9-21)16-30-25(33)22-12-10-20(11-13-22)17-31-26-28-14-3-15-29-26/h1-15,32H,16-18H2,(H,30,33)(H,28,29,31). The fraction of sp³-hybridized carbons (Fsp3) is 0.115. The number of carbonyl (C=O) groups is 1. The molecule has 3 N–H and O–H groups in total. The molecule has 36 heavy (non-hydrogen) atoms. The van der Waals surface area contributed by atoms with Crippen LogP contribution in [0.4, 0.5) is 5.95 Å². The van der Waals surface area contributed by atoms with Gasteiger partial charge in [-0.3, -0.25) is 4.79 Å². The Bertz CT molecular complexity index is 1410. The van der Waals surface area contributed by atoms with Gasteiger partial charge < -0.3 is 10.6 Å². The first-order valence-corrected chi connectivity index (χ1v) is 13.0. The fourth-order valence-electron chi connectivity index (χ4n) is 3.32. The fourth-order valence-corrected chi connectivity index (χ4v) is 4.86. The summed E-state index contributed by atoms with van der Waals surface area (Å²) >= 11 is 6.00. The van der Waals surface area contributed by atoms with Crippen molar-refractivity contribution in [3.05, 3.63) is 119 Å². The molecular formula is C26H24ClN5O3S. The van der Waals surface area contributed by atoms with E-state index in [1.54, 1.807) is 42.7 Å². The van der Waals surface area contributed by atoms with Gasteiger partial charge in [-0.2, -0.15) is 0 Å². The van der Waals surface area contributed by atoms with Gasteiger partial charge in [0.25, 0.3) is 5.91 Å². The first-order valence-electron chi connectivity index (χ1n) is 11.1. The van der Waals surface area contributed by atoms with Crippen LogP contribution in [0.2, 0.25) is 5.02 Å². The predicted octanol–water partition coefficient (Wildman–Crippen LogP) is 4.15. The summed E-state index contributed by atoms with van der Waals surface area (Å²) in [5.74, 6) is 0.362. The van der Waals surface area contributed by atoms with Crippen molar-refractivity contribution in [3.63, 3.8) is 0 Å². The van der Waals surface area contributed by atoms with Gasteiger partial charge in [0.1, 0.15) is 4.90 Å². The summed E-state index contributed by atoms with van der Waals surface area (Å²) in [4.78, 5) is 20.8. The molecule has 0 bridgehead atoms. The molecule has 10 heteroatoms. The third kappa shape index (κ3) is 6.88. The van der Waals surface area contributed by atoms with Crippen molar-refractivity contribution in [3.8, 4) is 0 Å². The summed E-state index contributed by atoms with van der Waals surface area (Å²) in [7, 11) is -3.72. The molecule has 0 fully saturated rings. The molecular weight excluding hydrogens is 498 g/mol. The van der Waals surface area contributed by atoms with Crippen molar-refractivity contribution in [1.29, 1.82) is 0 Å². The Morgan fingerprint density at radius 2 is 1.33 bits per heavy atom.